The second-order valence-electron chi connectivity index (χ2n) is 4.04. The molecule has 9 heteroatoms. The molecule has 1 aromatic rings. The topological polar surface area (TPSA) is 126 Å². The molecule has 19 heavy (non-hydrogen) atoms. The number of aliphatic hydroxyl groups is 3. The Labute approximate surface area is 108 Å². The van der Waals surface area contributed by atoms with Gasteiger partial charge >= 0.3 is 5.69 Å². The van der Waals surface area contributed by atoms with Crippen molar-refractivity contribution in [3.05, 3.63) is 22.7 Å². The Balaban J connectivity index is 2.25. The highest BCUT2D eigenvalue weighted by Crippen LogP contribution is 2.27. The fourth-order valence-electron chi connectivity index (χ4n) is 1.88. The minimum absolute atomic E-state index is 0.204. The van der Waals surface area contributed by atoms with Crippen molar-refractivity contribution in [2.75, 3.05) is 19.2 Å². The molecule has 0 aromatic carbocycles. The molecule has 4 N–H and O–H groups in total. The number of hydrogen-bond acceptors (Lipinski definition) is 8. The molecule has 1 aliphatic heterocycles. The highest BCUT2D eigenvalue weighted by Gasteiger charge is 2.43. The third-order valence-electron chi connectivity index (χ3n) is 2.83. The average Bonchev–Trinajstić information content (AvgIpc) is 2.67. The Bertz CT molecular complexity index is 492. The summed E-state index contributed by atoms with van der Waals surface area (Å²) >= 11 is 0. The molecule has 2 rings (SSSR count). The Morgan fingerprint density at radius 1 is 1.53 bits per heavy atom. The van der Waals surface area contributed by atoms with E-state index in [1.165, 1.54) is 19.4 Å². The Kier molecular flexibility index (Phi) is 4.12. The first-order valence-electron chi connectivity index (χ1n) is 5.59. The highest BCUT2D eigenvalue weighted by molar-refractivity contribution is 5.28. The van der Waals surface area contributed by atoms with Crippen molar-refractivity contribution < 1.29 is 24.9 Å². The smallest absolute Gasteiger partial charge is 0.351 e. The van der Waals surface area contributed by atoms with Gasteiger partial charge in [-0.25, -0.2) is 10.3 Å². The Hall–Kier alpha value is -1.52. The molecule has 0 aliphatic carbocycles. The summed E-state index contributed by atoms with van der Waals surface area (Å²) in [4.78, 5) is 20.0. The van der Waals surface area contributed by atoms with E-state index in [1.54, 1.807) is 0 Å². The van der Waals surface area contributed by atoms with Crippen molar-refractivity contribution >= 4 is 5.82 Å². The van der Waals surface area contributed by atoms with E-state index in [4.69, 9.17) is 9.84 Å². The lowest BCUT2D eigenvalue weighted by Crippen LogP contribution is -2.36. The van der Waals surface area contributed by atoms with Gasteiger partial charge < -0.3 is 20.1 Å². The van der Waals surface area contributed by atoms with Gasteiger partial charge in [0.1, 0.15) is 18.3 Å². The van der Waals surface area contributed by atoms with Crippen LogP contribution in [0.4, 0.5) is 5.82 Å². The molecule has 0 spiro atoms. The Morgan fingerprint density at radius 2 is 2.26 bits per heavy atom. The average molecular weight is 273 g/mol. The SMILES string of the molecule is CONc1ccn([C@H]2O[C@@H](CO)[C@@H](O)[C@@H]2O)c(=O)n1. The van der Waals surface area contributed by atoms with Crippen LogP contribution in [-0.4, -0.2) is 56.9 Å². The zero-order valence-corrected chi connectivity index (χ0v) is 10.1. The van der Waals surface area contributed by atoms with E-state index < -0.39 is 36.8 Å². The molecule has 1 fully saturated rings. The van der Waals surface area contributed by atoms with Crippen LogP contribution in [-0.2, 0) is 9.57 Å². The van der Waals surface area contributed by atoms with Gasteiger partial charge in [0.2, 0.25) is 0 Å². The van der Waals surface area contributed by atoms with Crippen molar-refractivity contribution in [1.29, 1.82) is 0 Å². The molecule has 0 saturated carbocycles. The summed E-state index contributed by atoms with van der Waals surface area (Å²) in [5.41, 5.74) is 1.71. The second-order valence-corrected chi connectivity index (χ2v) is 4.04. The third-order valence-corrected chi connectivity index (χ3v) is 2.83. The summed E-state index contributed by atoms with van der Waals surface area (Å²) < 4.78 is 6.26. The first-order chi connectivity index (χ1) is 9.08. The van der Waals surface area contributed by atoms with Gasteiger partial charge in [-0.2, -0.15) is 4.98 Å². The molecule has 0 bridgehead atoms. The van der Waals surface area contributed by atoms with Gasteiger partial charge in [0.05, 0.1) is 13.7 Å². The van der Waals surface area contributed by atoms with E-state index in [1.807, 2.05) is 0 Å². The van der Waals surface area contributed by atoms with Crippen LogP contribution in [0.1, 0.15) is 6.23 Å². The summed E-state index contributed by atoms with van der Waals surface area (Å²) in [7, 11) is 1.37. The molecule has 9 nitrogen and oxygen atoms in total. The predicted octanol–water partition coefficient (Wildman–Crippen LogP) is -2.17. The van der Waals surface area contributed by atoms with Crippen LogP contribution in [0.25, 0.3) is 0 Å². The van der Waals surface area contributed by atoms with Crippen LogP contribution >= 0.6 is 0 Å². The maximum absolute atomic E-state index is 11.8. The van der Waals surface area contributed by atoms with E-state index in [0.717, 1.165) is 4.57 Å². The van der Waals surface area contributed by atoms with E-state index >= 15 is 0 Å². The predicted molar refractivity (Wildman–Crippen MR) is 62.1 cm³/mol. The van der Waals surface area contributed by atoms with Crippen LogP contribution in [0.3, 0.4) is 0 Å². The van der Waals surface area contributed by atoms with Crippen molar-refractivity contribution in [2.45, 2.75) is 24.5 Å². The molecular formula is C10H15N3O6. The number of rotatable bonds is 4. The van der Waals surface area contributed by atoms with E-state index in [2.05, 4.69) is 15.3 Å². The summed E-state index contributed by atoms with van der Waals surface area (Å²) in [5, 5.41) is 28.4. The molecular weight excluding hydrogens is 258 g/mol. The lowest BCUT2D eigenvalue weighted by Gasteiger charge is -2.17. The number of nitrogens with zero attached hydrogens (tertiary/aromatic N) is 2. The summed E-state index contributed by atoms with van der Waals surface area (Å²) in [6.45, 7) is -0.458. The van der Waals surface area contributed by atoms with Gasteiger partial charge in [0.25, 0.3) is 0 Å². The summed E-state index contributed by atoms with van der Waals surface area (Å²) in [5.74, 6) is 0.204. The van der Waals surface area contributed by atoms with Crippen LogP contribution in [0.2, 0.25) is 0 Å². The first kappa shape index (κ1) is 13.9. The molecule has 4 atom stereocenters. The summed E-state index contributed by atoms with van der Waals surface area (Å²) in [6, 6.07) is 1.44. The highest BCUT2D eigenvalue weighted by atomic mass is 16.6. The quantitative estimate of drug-likeness (QED) is 0.456. The van der Waals surface area contributed by atoms with Crippen molar-refractivity contribution in [2.24, 2.45) is 0 Å². The number of aromatic nitrogens is 2. The minimum Gasteiger partial charge on any atom is -0.394 e. The second kappa shape index (κ2) is 5.63. The normalized spacial score (nSPS) is 30.5. The van der Waals surface area contributed by atoms with E-state index in [9.17, 15) is 15.0 Å². The first-order valence-corrected chi connectivity index (χ1v) is 5.59. The molecule has 0 radical (unpaired) electrons. The van der Waals surface area contributed by atoms with Gasteiger partial charge in [0.15, 0.2) is 12.0 Å². The van der Waals surface area contributed by atoms with Gasteiger partial charge in [-0.3, -0.25) is 9.40 Å². The van der Waals surface area contributed by atoms with Gasteiger partial charge in [-0.1, -0.05) is 0 Å². The van der Waals surface area contributed by atoms with Gasteiger partial charge in [0, 0.05) is 6.20 Å². The molecule has 0 amide bonds. The van der Waals surface area contributed by atoms with Crippen molar-refractivity contribution in [3.63, 3.8) is 0 Å². The van der Waals surface area contributed by atoms with Crippen LogP contribution < -0.4 is 11.2 Å². The van der Waals surface area contributed by atoms with Crippen LogP contribution in [0, 0.1) is 0 Å². The number of hydrogen-bond donors (Lipinski definition) is 4. The number of nitrogens with one attached hydrogen (secondary N) is 1. The molecule has 2 heterocycles. The lowest BCUT2D eigenvalue weighted by molar-refractivity contribution is -0.0549. The Morgan fingerprint density at radius 3 is 2.79 bits per heavy atom. The van der Waals surface area contributed by atoms with Gasteiger partial charge in [-0.05, 0) is 6.07 Å². The third kappa shape index (κ3) is 2.60. The minimum atomic E-state index is -1.32. The monoisotopic (exact) mass is 273 g/mol. The molecule has 1 saturated heterocycles. The number of ether oxygens (including phenoxy) is 1. The largest absolute Gasteiger partial charge is 0.394 e. The fraction of sp³-hybridized carbons (Fsp3) is 0.600. The summed E-state index contributed by atoms with van der Waals surface area (Å²) in [6.07, 6.45) is -3.28. The number of aliphatic hydroxyl groups excluding tert-OH is 3. The standard InChI is InChI=1S/C10H15N3O6/c1-18-12-6-2-3-13(10(17)11-6)9-8(16)7(15)5(4-14)19-9/h2-3,5,7-9,14-16H,4H2,1H3,(H,11,12,17)/t5-,7+,8-,9-/m0/s1. The van der Waals surface area contributed by atoms with Crippen molar-refractivity contribution in [3.8, 4) is 0 Å². The molecule has 1 aromatic heterocycles. The van der Waals surface area contributed by atoms with Crippen molar-refractivity contribution in [1.82, 2.24) is 9.55 Å². The zero-order valence-electron chi connectivity index (χ0n) is 10.1. The molecule has 1 aliphatic rings. The van der Waals surface area contributed by atoms with Crippen LogP contribution in [0.5, 0.6) is 0 Å². The van der Waals surface area contributed by atoms with E-state index in [0.29, 0.717) is 0 Å². The number of anilines is 1. The molecule has 0 unspecified atom stereocenters. The van der Waals surface area contributed by atoms with E-state index in [-0.39, 0.29) is 5.82 Å². The maximum Gasteiger partial charge on any atom is 0.351 e. The van der Waals surface area contributed by atoms with Gasteiger partial charge in [-0.15, -0.1) is 0 Å². The fourth-order valence-corrected chi connectivity index (χ4v) is 1.88. The zero-order chi connectivity index (χ0) is 14.0. The van der Waals surface area contributed by atoms with Crippen LogP contribution in [0.15, 0.2) is 17.1 Å². The molecule has 106 valence electrons. The lowest BCUT2D eigenvalue weighted by atomic mass is 10.1. The maximum atomic E-state index is 11.8.